The summed E-state index contributed by atoms with van der Waals surface area (Å²) in [4.78, 5) is 10.5. The van der Waals surface area contributed by atoms with E-state index in [1.807, 2.05) is 0 Å². The smallest absolute Gasteiger partial charge is 0.218 e. The number of aromatic nitrogens is 4. The Morgan fingerprint density at radius 2 is 2.11 bits per heavy atom. The number of primary amides is 1. The van der Waals surface area contributed by atoms with E-state index in [0.717, 1.165) is 0 Å². The van der Waals surface area contributed by atoms with Crippen molar-refractivity contribution in [2.75, 3.05) is 23.8 Å². The van der Waals surface area contributed by atoms with Gasteiger partial charge in [0.2, 0.25) is 11.1 Å². The van der Waals surface area contributed by atoms with Crippen molar-refractivity contribution in [3.63, 3.8) is 0 Å². The first-order valence-corrected chi connectivity index (χ1v) is 8.33. The second kappa shape index (κ2) is 7.40. The monoisotopic (exact) mass is 308 g/mol. The summed E-state index contributed by atoms with van der Waals surface area (Å²) in [5.41, 5.74) is 10.3. The van der Waals surface area contributed by atoms with E-state index in [4.69, 9.17) is 11.5 Å². The van der Waals surface area contributed by atoms with Crippen LogP contribution in [-0.2, 0) is 21.2 Å². The molecular weight excluding hydrogens is 292 g/mol. The van der Waals surface area contributed by atoms with E-state index < -0.39 is 15.7 Å². The topological polar surface area (TPSA) is 147 Å². The van der Waals surface area contributed by atoms with Gasteiger partial charge in [0.1, 0.15) is 0 Å². The minimum absolute atomic E-state index is 0.0551. The maximum absolute atomic E-state index is 11.6. The van der Waals surface area contributed by atoms with Gasteiger partial charge in [0, 0.05) is 18.7 Å². The van der Waals surface area contributed by atoms with E-state index in [9.17, 15) is 13.2 Å². The van der Waals surface area contributed by atoms with E-state index in [1.54, 1.807) is 0 Å². The number of hydrogen-bond acceptors (Lipinski definition) is 8. The lowest BCUT2D eigenvalue weighted by Crippen LogP contribution is -2.20. The first-order chi connectivity index (χ1) is 8.94. The van der Waals surface area contributed by atoms with Gasteiger partial charge in [-0.3, -0.25) is 4.79 Å². The van der Waals surface area contributed by atoms with E-state index in [2.05, 4.69) is 15.5 Å². The Balaban J connectivity index is 2.40. The molecule has 11 heteroatoms. The fraction of sp³-hybridized carbons (Fsp3) is 0.750. The van der Waals surface area contributed by atoms with Crippen molar-refractivity contribution < 1.29 is 13.2 Å². The van der Waals surface area contributed by atoms with Gasteiger partial charge in [0.05, 0.1) is 18.1 Å². The standard InChI is InChI=1S/C8H16N6O3S2/c9-2-3-14-8(11-12-13-14)18-4-6-19(16,17)5-1-7(10)15/h1-6,9H2,(H2,10,15). The van der Waals surface area contributed by atoms with Crippen molar-refractivity contribution in [1.82, 2.24) is 20.2 Å². The summed E-state index contributed by atoms with van der Waals surface area (Å²) in [6.45, 7) is 0.874. The molecule has 0 aromatic carbocycles. The van der Waals surface area contributed by atoms with Crippen LogP contribution in [0.2, 0.25) is 0 Å². The lowest BCUT2D eigenvalue weighted by molar-refractivity contribution is -0.117. The Bertz CT molecular complexity index is 514. The van der Waals surface area contributed by atoms with Crippen molar-refractivity contribution in [3.05, 3.63) is 0 Å². The van der Waals surface area contributed by atoms with Gasteiger partial charge < -0.3 is 11.5 Å². The van der Waals surface area contributed by atoms with Crippen LogP contribution >= 0.6 is 11.8 Å². The van der Waals surface area contributed by atoms with Crippen molar-refractivity contribution in [1.29, 1.82) is 0 Å². The van der Waals surface area contributed by atoms with Gasteiger partial charge in [-0.05, 0) is 10.4 Å². The second-order valence-corrected chi connectivity index (χ2v) is 7.06. The fourth-order valence-corrected chi connectivity index (χ4v) is 3.80. The molecule has 1 aromatic heterocycles. The molecule has 0 radical (unpaired) electrons. The van der Waals surface area contributed by atoms with E-state index in [-0.39, 0.29) is 17.9 Å². The third-order valence-corrected chi connectivity index (χ3v) is 4.99. The van der Waals surface area contributed by atoms with E-state index >= 15 is 0 Å². The average molecular weight is 308 g/mol. The summed E-state index contributed by atoms with van der Waals surface area (Å²) in [6, 6.07) is 0. The number of carbonyl (C=O) groups is 1. The SMILES string of the molecule is NCCn1nnnc1SCCS(=O)(=O)CCC(N)=O. The predicted molar refractivity (Wildman–Crippen MR) is 70.1 cm³/mol. The summed E-state index contributed by atoms with van der Waals surface area (Å²) in [5, 5.41) is 11.5. The molecule has 1 rings (SSSR count). The molecule has 0 saturated carbocycles. The van der Waals surface area contributed by atoms with Crippen LogP contribution in [-0.4, -0.2) is 58.3 Å². The zero-order chi connectivity index (χ0) is 14.3. The van der Waals surface area contributed by atoms with Gasteiger partial charge in [0.25, 0.3) is 0 Å². The number of tetrazole rings is 1. The highest BCUT2D eigenvalue weighted by Gasteiger charge is 2.14. The summed E-state index contributed by atoms with van der Waals surface area (Å²) >= 11 is 1.23. The molecule has 108 valence electrons. The Morgan fingerprint density at radius 3 is 2.74 bits per heavy atom. The van der Waals surface area contributed by atoms with Crippen molar-refractivity contribution in [2.45, 2.75) is 18.1 Å². The Hall–Kier alpha value is -1.20. The minimum atomic E-state index is -3.28. The van der Waals surface area contributed by atoms with Crippen LogP contribution in [0.25, 0.3) is 0 Å². The number of nitrogens with zero attached hydrogens (tertiary/aromatic N) is 4. The molecule has 1 aromatic rings. The van der Waals surface area contributed by atoms with Gasteiger partial charge >= 0.3 is 0 Å². The number of carbonyl (C=O) groups excluding carboxylic acids is 1. The van der Waals surface area contributed by atoms with E-state index in [1.165, 1.54) is 16.4 Å². The third kappa shape index (κ3) is 5.98. The molecule has 19 heavy (non-hydrogen) atoms. The summed E-state index contributed by atoms with van der Waals surface area (Å²) in [6.07, 6.45) is -0.155. The highest BCUT2D eigenvalue weighted by Crippen LogP contribution is 2.13. The van der Waals surface area contributed by atoms with E-state index in [0.29, 0.717) is 24.0 Å². The number of sulfone groups is 1. The van der Waals surface area contributed by atoms with Gasteiger partial charge in [-0.2, -0.15) is 0 Å². The molecule has 0 spiro atoms. The zero-order valence-corrected chi connectivity index (χ0v) is 11.9. The van der Waals surface area contributed by atoms with Crippen LogP contribution in [0.15, 0.2) is 5.16 Å². The Kier molecular flexibility index (Phi) is 6.18. The molecule has 1 heterocycles. The van der Waals surface area contributed by atoms with Crippen LogP contribution in [0, 0.1) is 0 Å². The highest BCUT2D eigenvalue weighted by atomic mass is 32.2. The van der Waals surface area contributed by atoms with Crippen LogP contribution in [0.4, 0.5) is 0 Å². The third-order valence-electron chi connectivity index (χ3n) is 2.12. The van der Waals surface area contributed by atoms with Gasteiger partial charge in [-0.15, -0.1) is 5.10 Å². The predicted octanol–water partition coefficient (Wildman–Crippen LogP) is -1.99. The Labute approximate surface area is 115 Å². The fourth-order valence-electron chi connectivity index (χ4n) is 1.18. The first-order valence-electron chi connectivity index (χ1n) is 5.52. The van der Waals surface area contributed by atoms with Crippen molar-refractivity contribution in [3.8, 4) is 0 Å². The van der Waals surface area contributed by atoms with Gasteiger partial charge in [0.15, 0.2) is 9.84 Å². The highest BCUT2D eigenvalue weighted by molar-refractivity contribution is 8.00. The molecule has 0 aliphatic rings. The molecule has 0 aliphatic carbocycles. The summed E-state index contributed by atoms with van der Waals surface area (Å²) in [7, 11) is -3.28. The van der Waals surface area contributed by atoms with Crippen molar-refractivity contribution in [2.24, 2.45) is 11.5 Å². The molecule has 9 nitrogen and oxygen atoms in total. The van der Waals surface area contributed by atoms with Crippen molar-refractivity contribution >= 4 is 27.5 Å². The number of hydrogen-bond donors (Lipinski definition) is 2. The molecule has 0 aliphatic heterocycles. The second-order valence-electron chi connectivity index (χ2n) is 3.69. The van der Waals surface area contributed by atoms with Crippen LogP contribution in [0.5, 0.6) is 0 Å². The lowest BCUT2D eigenvalue weighted by Gasteiger charge is -2.03. The number of amides is 1. The maximum Gasteiger partial charge on any atom is 0.218 e. The van der Waals surface area contributed by atoms with Gasteiger partial charge in [-0.1, -0.05) is 11.8 Å². The Morgan fingerprint density at radius 1 is 1.37 bits per heavy atom. The first kappa shape index (κ1) is 15.9. The zero-order valence-electron chi connectivity index (χ0n) is 10.2. The molecule has 1 amide bonds. The molecule has 0 bridgehead atoms. The molecule has 0 atom stereocenters. The summed E-state index contributed by atoms with van der Waals surface area (Å²) in [5.74, 6) is -0.591. The normalized spacial score (nSPS) is 11.6. The lowest BCUT2D eigenvalue weighted by atomic mass is 10.5. The molecule has 4 N–H and O–H groups in total. The summed E-state index contributed by atoms with van der Waals surface area (Å²) < 4.78 is 24.7. The quantitative estimate of drug-likeness (QED) is 0.498. The number of thioether (sulfide) groups is 1. The van der Waals surface area contributed by atoms with Crippen LogP contribution in [0.1, 0.15) is 6.42 Å². The van der Waals surface area contributed by atoms with Crippen LogP contribution in [0.3, 0.4) is 0 Å². The molecule has 0 unspecified atom stereocenters. The molecular formula is C8H16N6O3S2. The van der Waals surface area contributed by atoms with Gasteiger partial charge in [-0.25, -0.2) is 13.1 Å². The number of rotatable bonds is 9. The largest absolute Gasteiger partial charge is 0.370 e. The molecule has 0 fully saturated rings. The number of nitrogens with two attached hydrogens (primary N) is 2. The molecule has 0 saturated heterocycles. The average Bonchev–Trinajstić information content (AvgIpc) is 2.75. The van der Waals surface area contributed by atoms with Crippen LogP contribution < -0.4 is 11.5 Å². The maximum atomic E-state index is 11.6. The minimum Gasteiger partial charge on any atom is -0.370 e.